The fourth-order valence-corrected chi connectivity index (χ4v) is 1.22. The molecule has 0 atom stereocenters. The van der Waals surface area contributed by atoms with E-state index in [1.54, 1.807) is 12.4 Å². The van der Waals surface area contributed by atoms with E-state index >= 15 is 0 Å². The summed E-state index contributed by atoms with van der Waals surface area (Å²) in [6.45, 7) is 0. The highest BCUT2D eigenvalue weighted by atomic mass is 16.4. The zero-order chi connectivity index (χ0) is 9.26. The van der Waals surface area contributed by atoms with E-state index in [2.05, 4.69) is 15.2 Å². The topological polar surface area (TPSA) is 78.9 Å². The molecule has 0 radical (unpaired) electrons. The molecule has 2 aromatic heterocycles. The van der Waals surface area contributed by atoms with Gasteiger partial charge in [0.2, 0.25) is 0 Å². The van der Waals surface area contributed by atoms with Crippen molar-refractivity contribution in [3.63, 3.8) is 0 Å². The van der Waals surface area contributed by atoms with E-state index in [0.29, 0.717) is 5.69 Å². The van der Waals surface area contributed by atoms with Crippen LogP contribution in [-0.2, 0) is 11.2 Å². The van der Waals surface area contributed by atoms with Crippen LogP contribution in [0.4, 0.5) is 0 Å². The van der Waals surface area contributed by atoms with Crippen LogP contribution >= 0.6 is 0 Å². The van der Waals surface area contributed by atoms with Crippen molar-refractivity contribution < 1.29 is 9.90 Å². The molecule has 5 heteroatoms. The van der Waals surface area contributed by atoms with Gasteiger partial charge in [0.25, 0.3) is 0 Å². The molecule has 5 nitrogen and oxygen atoms in total. The van der Waals surface area contributed by atoms with Gasteiger partial charge in [-0.3, -0.25) is 4.79 Å². The van der Waals surface area contributed by atoms with Gasteiger partial charge in [-0.25, -0.2) is 0 Å². The van der Waals surface area contributed by atoms with Crippen molar-refractivity contribution >= 4 is 16.9 Å². The molecule has 2 heterocycles. The summed E-state index contributed by atoms with van der Waals surface area (Å²) in [5.74, 6) is -0.906. The van der Waals surface area contributed by atoms with Crippen molar-refractivity contribution in [3.8, 4) is 0 Å². The van der Waals surface area contributed by atoms with Crippen LogP contribution in [0.5, 0.6) is 0 Å². The summed E-state index contributed by atoms with van der Waals surface area (Å²) in [6, 6.07) is 1.83. The molecule has 0 fully saturated rings. The molecule has 0 amide bonds. The molecule has 0 bridgehead atoms. The van der Waals surface area contributed by atoms with Crippen LogP contribution in [0.3, 0.4) is 0 Å². The third-order valence-electron chi connectivity index (χ3n) is 1.76. The fourth-order valence-electron chi connectivity index (χ4n) is 1.22. The number of hydrogen-bond donors (Lipinski definition) is 2. The zero-order valence-corrected chi connectivity index (χ0v) is 6.69. The van der Waals surface area contributed by atoms with Crippen LogP contribution in [0.1, 0.15) is 5.69 Å². The third-order valence-corrected chi connectivity index (χ3v) is 1.76. The minimum Gasteiger partial charge on any atom is -0.481 e. The second kappa shape index (κ2) is 2.85. The number of carbonyl (C=O) groups is 1. The molecule has 0 saturated carbocycles. The largest absolute Gasteiger partial charge is 0.481 e. The SMILES string of the molecule is O=C(O)Cc1nncc2cc[nH]c12. The standard InChI is InChI=1S/C8H7N3O2/c12-7(13)3-6-8-5(1-2-9-8)4-10-11-6/h1-2,4,9H,3H2,(H,12,13). The van der Waals surface area contributed by atoms with Crippen LogP contribution in [0.25, 0.3) is 10.9 Å². The summed E-state index contributed by atoms with van der Waals surface area (Å²) in [5.41, 5.74) is 1.22. The van der Waals surface area contributed by atoms with Gasteiger partial charge in [0.1, 0.15) is 0 Å². The maximum Gasteiger partial charge on any atom is 0.309 e. The average Bonchev–Trinajstić information content (AvgIpc) is 2.51. The van der Waals surface area contributed by atoms with E-state index in [1.807, 2.05) is 6.07 Å². The predicted molar refractivity (Wildman–Crippen MR) is 45.2 cm³/mol. The number of aromatic nitrogens is 3. The highest BCUT2D eigenvalue weighted by Crippen LogP contribution is 2.13. The molecular formula is C8H7N3O2. The number of H-pyrrole nitrogens is 1. The Hall–Kier alpha value is -1.91. The van der Waals surface area contributed by atoms with Crippen molar-refractivity contribution in [3.05, 3.63) is 24.2 Å². The smallest absolute Gasteiger partial charge is 0.309 e. The number of carboxylic acid groups (broad SMARTS) is 1. The second-order valence-corrected chi connectivity index (χ2v) is 2.67. The summed E-state index contributed by atoms with van der Waals surface area (Å²) >= 11 is 0. The summed E-state index contributed by atoms with van der Waals surface area (Å²) in [7, 11) is 0. The number of carboxylic acids is 1. The predicted octanol–water partition coefficient (Wildman–Crippen LogP) is 0.585. The van der Waals surface area contributed by atoms with Gasteiger partial charge in [0.15, 0.2) is 0 Å². The first kappa shape index (κ1) is 7.72. The van der Waals surface area contributed by atoms with Crippen molar-refractivity contribution in [2.75, 3.05) is 0 Å². The Balaban J connectivity index is 2.54. The molecule has 0 aliphatic heterocycles. The van der Waals surface area contributed by atoms with Crippen LogP contribution in [0, 0.1) is 0 Å². The lowest BCUT2D eigenvalue weighted by molar-refractivity contribution is -0.136. The van der Waals surface area contributed by atoms with Crippen LogP contribution in [0.15, 0.2) is 18.5 Å². The Morgan fingerprint density at radius 3 is 3.23 bits per heavy atom. The van der Waals surface area contributed by atoms with Gasteiger partial charge in [-0.05, 0) is 6.07 Å². The number of nitrogens with zero attached hydrogens (tertiary/aromatic N) is 2. The molecule has 0 aliphatic carbocycles. The monoisotopic (exact) mass is 177 g/mol. The lowest BCUT2D eigenvalue weighted by atomic mass is 10.2. The number of hydrogen-bond acceptors (Lipinski definition) is 3. The van der Waals surface area contributed by atoms with E-state index < -0.39 is 5.97 Å². The molecule has 2 rings (SSSR count). The van der Waals surface area contributed by atoms with E-state index in [0.717, 1.165) is 10.9 Å². The quantitative estimate of drug-likeness (QED) is 0.703. The summed E-state index contributed by atoms with van der Waals surface area (Å²) < 4.78 is 0. The van der Waals surface area contributed by atoms with Gasteiger partial charge in [-0.15, -0.1) is 0 Å². The molecule has 0 aliphatic rings. The van der Waals surface area contributed by atoms with Gasteiger partial charge < -0.3 is 10.1 Å². The maximum absolute atomic E-state index is 10.5. The van der Waals surface area contributed by atoms with Gasteiger partial charge >= 0.3 is 5.97 Å². The average molecular weight is 177 g/mol. The van der Waals surface area contributed by atoms with E-state index in [-0.39, 0.29) is 6.42 Å². The van der Waals surface area contributed by atoms with Gasteiger partial charge in [0, 0.05) is 11.6 Å². The van der Waals surface area contributed by atoms with Crippen molar-refractivity contribution in [1.29, 1.82) is 0 Å². The van der Waals surface area contributed by atoms with Crippen LogP contribution in [-0.4, -0.2) is 26.3 Å². The van der Waals surface area contributed by atoms with E-state index in [1.165, 1.54) is 0 Å². The Morgan fingerprint density at radius 2 is 2.46 bits per heavy atom. The molecule has 13 heavy (non-hydrogen) atoms. The summed E-state index contributed by atoms with van der Waals surface area (Å²) in [6.07, 6.45) is 3.22. The minimum absolute atomic E-state index is 0.106. The number of nitrogens with one attached hydrogen (secondary N) is 1. The van der Waals surface area contributed by atoms with E-state index in [9.17, 15) is 4.79 Å². The van der Waals surface area contributed by atoms with Gasteiger partial charge in [-0.1, -0.05) is 0 Å². The number of aliphatic carboxylic acids is 1. The molecule has 0 spiro atoms. The summed E-state index contributed by atoms with van der Waals surface area (Å²) in [5, 5.41) is 16.9. The van der Waals surface area contributed by atoms with Gasteiger partial charge in [-0.2, -0.15) is 10.2 Å². The second-order valence-electron chi connectivity index (χ2n) is 2.67. The van der Waals surface area contributed by atoms with Crippen molar-refractivity contribution in [2.24, 2.45) is 0 Å². The number of rotatable bonds is 2. The van der Waals surface area contributed by atoms with Crippen LogP contribution in [0.2, 0.25) is 0 Å². The molecule has 0 unspecified atom stereocenters. The number of fused-ring (bicyclic) bond motifs is 1. The molecule has 0 aromatic carbocycles. The highest BCUT2D eigenvalue weighted by molar-refractivity contribution is 5.83. The maximum atomic E-state index is 10.5. The zero-order valence-electron chi connectivity index (χ0n) is 6.69. The molecule has 66 valence electrons. The molecule has 0 saturated heterocycles. The van der Waals surface area contributed by atoms with Crippen molar-refractivity contribution in [1.82, 2.24) is 15.2 Å². The highest BCUT2D eigenvalue weighted by Gasteiger charge is 2.07. The number of aromatic amines is 1. The Kier molecular flexibility index (Phi) is 1.70. The fraction of sp³-hybridized carbons (Fsp3) is 0.125. The minimum atomic E-state index is -0.906. The Morgan fingerprint density at radius 1 is 1.62 bits per heavy atom. The lowest BCUT2D eigenvalue weighted by Crippen LogP contribution is -2.03. The first-order chi connectivity index (χ1) is 6.27. The summed E-state index contributed by atoms with van der Waals surface area (Å²) in [4.78, 5) is 13.4. The molecule has 2 N–H and O–H groups in total. The van der Waals surface area contributed by atoms with Crippen molar-refractivity contribution in [2.45, 2.75) is 6.42 Å². The van der Waals surface area contributed by atoms with Gasteiger partial charge in [0.05, 0.1) is 23.8 Å². The molecule has 2 aromatic rings. The van der Waals surface area contributed by atoms with Crippen LogP contribution < -0.4 is 0 Å². The third kappa shape index (κ3) is 1.35. The lowest BCUT2D eigenvalue weighted by Gasteiger charge is -1.96. The Bertz CT molecular complexity index is 449. The first-order valence-electron chi connectivity index (χ1n) is 3.77. The normalized spacial score (nSPS) is 10.5. The van der Waals surface area contributed by atoms with E-state index in [4.69, 9.17) is 5.11 Å². The Labute approximate surface area is 73.4 Å². The molecular weight excluding hydrogens is 170 g/mol. The first-order valence-corrected chi connectivity index (χ1v) is 3.77.